The van der Waals surface area contributed by atoms with E-state index in [1.165, 1.54) is 18.1 Å². The SMILES string of the molecule is COc1ccc(CC(=O)N2CC3CC(c4ccc(N(C)C)c5ccccc45)N4C(=O)N(CCN5CCOCC5)C(=O)C34C2)cc1O. The van der Waals surface area contributed by atoms with E-state index in [4.69, 9.17) is 9.47 Å². The van der Waals surface area contributed by atoms with Gasteiger partial charge in [0.2, 0.25) is 5.91 Å². The minimum atomic E-state index is -1.12. The molecule has 3 aromatic rings. The summed E-state index contributed by atoms with van der Waals surface area (Å²) < 4.78 is 10.6. The summed E-state index contributed by atoms with van der Waals surface area (Å²) in [5, 5.41) is 12.4. The highest BCUT2D eigenvalue weighted by Crippen LogP contribution is 2.55. The van der Waals surface area contributed by atoms with Gasteiger partial charge >= 0.3 is 6.03 Å². The maximum atomic E-state index is 14.5. The van der Waals surface area contributed by atoms with Crippen LogP contribution in [0.15, 0.2) is 54.6 Å². The van der Waals surface area contributed by atoms with E-state index >= 15 is 0 Å². The van der Waals surface area contributed by atoms with Crippen LogP contribution in [0.3, 0.4) is 0 Å². The van der Waals surface area contributed by atoms with Gasteiger partial charge in [0.25, 0.3) is 5.91 Å². The van der Waals surface area contributed by atoms with Crippen LogP contribution in [0.1, 0.15) is 23.6 Å². The number of benzene rings is 3. The molecule has 0 aliphatic carbocycles. The molecular weight excluding hydrogens is 586 g/mol. The van der Waals surface area contributed by atoms with Crippen LogP contribution in [0.2, 0.25) is 0 Å². The molecule has 242 valence electrons. The molecule has 46 heavy (non-hydrogen) atoms. The Bertz CT molecular complexity index is 1690. The maximum absolute atomic E-state index is 14.5. The Morgan fingerprint density at radius 3 is 2.52 bits per heavy atom. The lowest BCUT2D eigenvalue weighted by molar-refractivity contribution is -0.134. The van der Waals surface area contributed by atoms with Crippen molar-refractivity contribution in [1.29, 1.82) is 0 Å². The quantitative estimate of drug-likeness (QED) is 0.380. The largest absolute Gasteiger partial charge is 0.504 e. The first kappa shape index (κ1) is 30.3. The smallest absolute Gasteiger partial charge is 0.328 e. The van der Waals surface area contributed by atoms with Crippen LogP contribution in [-0.4, -0.2) is 122 Å². The third-order valence-electron chi connectivity index (χ3n) is 10.3. The number of urea groups is 1. The third kappa shape index (κ3) is 4.84. The second kappa shape index (κ2) is 11.8. The maximum Gasteiger partial charge on any atom is 0.328 e. The molecule has 4 aliphatic rings. The molecule has 4 aliphatic heterocycles. The summed E-state index contributed by atoms with van der Waals surface area (Å²) in [5.74, 6) is -0.241. The van der Waals surface area contributed by atoms with Gasteiger partial charge in [-0.15, -0.1) is 0 Å². The van der Waals surface area contributed by atoms with E-state index in [9.17, 15) is 19.5 Å². The minimum Gasteiger partial charge on any atom is -0.504 e. The van der Waals surface area contributed by atoms with Gasteiger partial charge < -0.3 is 29.3 Å². The summed E-state index contributed by atoms with van der Waals surface area (Å²) >= 11 is 0. The van der Waals surface area contributed by atoms with Gasteiger partial charge in [0, 0.05) is 63.8 Å². The minimum absolute atomic E-state index is 0.0290. The van der Waals surface area contributed by atoms with Gasteiger partial charge in [0.15, 0.2) is 11.5 Å². The second-order valence-corrected chi connectivity index (χ2v) is 13.0. The summed E-state index contributed by atoms with van der Waals surface area (Å²) in [6.07, 6.45) is 0.663. The number of nitrogens with zero attached hydrogens (tertiary/aromatic N) is 5. The van der Waals surface area contributed by atoms with Crippen molar-refractivity contribution in [3.63, 3.8) is 0 Å². The normalized spacial score (nSPS) is 24.5. The van der Waals surface area contributed by atoms with Crippen LogP contribution in [0.25, 0.3) is 10.8 Å². The highest BCUT2D eigenvalue weighted by Gasteiger charge is 2.70. The highest BCUT2D eigenvalue weighted by atomic mass is 16.5. The number of likely N-dealkylation sites (tertiary alicyclic amines) is 1. The fourth-order valence-corrected chi connectivity index (χ4v) is 8.04. The van der Waals surface area contributed by atoms with Gasteiger partial charge in [0.05, 0.1) is 39.3 Å². The molecule has 1 N–H and O–H groups in total. The first-order valence-corrected chi connectivity index (χ1v) is 16.0. The number of anilines is 1. The Morgan fingerprint density at radius 1 is 1.04 bits per heavy atom. The number of phenols is 1. The van der Waals surface area contributed by atoms with Gasteiger partial charge in [-0.2, -0.15) is 0 Å². The second-order valence-electron chi connectivity index (χ2n) is 13.0. The number of phenolic OH excluding ortho intramolecular Hbond substituents is 1. The van der Waals surface area contributed by atoms with E-state index in [1.54, 1.807) is 17.0 Å². The summed E-state index contributed by atoms with van der Waals surface area (Å²) in [6.45, 7) is 4.24. The summed E-state index contributed by atoms with van der Waals surface area (Å²) in [6, 6.07) is 16.8. The van der Waals surface area contributed by atoms with Crippen molar-refractivity contribution in [2.24, 2.45) is 5.92 Å². The number of methoxy groups -OCH3 is 1. The lowest BCUT2D eigenvalue weighted by Gasteiger charge is -2.32. The van der Waals surface area contributed by atoms with Crippen molar-refractivity contribution >= 4 is 34.3 Å². The van der Waals surface area contributed by atoms with Crippen molar-refractivity contribution in [3.05, 3.63) is 65.7 Å². The van der Waals surface area contributed by atoms with E-state index in [2.05, 4.69) is 34.1 Å². The molecule has 3 unspecified atom stereocenters. The molecule has 3 aromatic carbocycles. The monoisotopic (exact) mass is 627 g/mol. The molecule has 0 radical (unpaired) electrons. The predicted octanol–water partition coefficient (Wildman–Crippen LogP) is 3.10. The molecule has 1 spiro atoms. The van der Waals surface area contributed by atoms with Crippen LogP contribution in [0.4, 0.5) is 10.5 Å². The van der Waals surface area contributed by atoms with E-state index < -0.39 is 5.54 Å². The van der Waals surface area contributed by atoms with Crippen molar-refractivity contribution in [2.45, 2.75) is 24.4 Å². The molecule has 0 saturated carbocycles. The van der Waals surface area contributed by atoms with Gasteiger partial charge in [-0.25, -0.2) is 4.79 Å². The van der Waals surface area contributed by atoms with Crippen LogP contribution in [0, 0.1) is 5.92 Å². The number of carbonyl (C=O) groups is 3. The van der Waals surface area contributed by atoms with Crippen molar-refractivity contribution in [3.8, 4) is 11.5 Å². The number of fused-ring (bicyclic) bond motifs is 1. The van der Waals surface area contributed by atoms with Crippen LogP contribution in [0.5, 0.6) is 11.5 Å². The number of amides is 4. The summed E-state index contributed by atoms with van der Waals surface area (Å²) in [5.41, 5.74) is 1.65. The molecule has 3 atom stereocenters. The van der Waals surface area contributed by atoms with Crippen LogP contribution >= 0.6 is 0 Å². The lowest BCUT2D eigenvalue weighted by Crippen LogP contribution is -2.52. The third-order valence-corrected chi connectivity index (χ3v) is 10.3. The standard InChI is InChI=1S/C35H41N5O6/c1-36(2)28-10-9-27(25-6-4-5-7-26(25)28)29-20-24-21-38(32(42)19-23-8-11-31(45-3)30(41)18-23)22-35(24)33(43)39(34(44)40(29)35)13-12-37-14-16-46-17-15-37/h4-11,18,24,29,41H,12-17,19-22H2,1-3H3. The molecule has 4 amide bonds. The van der Waals surface area contributed by atoms with E-state index in [0.717, 1.165) is 35.1 Å². The van der Waals surface area contributed by atoms with Crippen LogP contribution in [-0.2, 0) is 20.7 Å². The number of rotatable bonds is 8. The van der Waals surface area contributed by atoms with Crippen LogP contribution < -0.4 is 9.64 Å². The van der Waals surface area contributed by atoms with E-state index in [-0.39, 0.29) is 48.5 Å². The number of carbonyl (C=O) groups excluding carboxylic acids is 3. The number of hydrogen-bond donors (Lipinski definition) is 1. The first-order chi connectivity index (χ1) is 22.2. The number of ether oxygens (including phenoxy) is 2. The zero-order chi connectivity index (χ0) is 32.2. The molecule has 7 rings (SSSR count). The number of hydrogen-bond acceptors (Lipinski definition) is 8. The average molecular weight is 628 g/mol. The molecule has 4 saturated heterocycles. The Balaban J connectivity index is 1.22. The van der Waals surface area contributed by atoms with Gasteiger partial charge in [-0.1, -0.05) is 36.4 Å². The molecule has 4 fully saturated rings. The topological polar surface area (TPSA) is 106 Å². The van der Waals surface area contributed by atoms with E-state index in [0.29, 0.717) is 50.6 Å². The molecule has 11 heteroatoms. The zero-order valence-corrected chi connectivity index (χ0v) is 26.6. The van der Waals surface area contributed by atoms with Crippen molar-refractivity contribution in [2.75, 3.05) is 78.6 Å². The fourth-order valence-electron chi connectivity index (χ4n) is 8.04. The predicted molar refractivity (Wildman–Crippen MR) is 173 cm³/mol. The molecule has 0 aromatic heterocycles. The highest BCUT2D eigenvalue weighted by molar-refractivity contribution is 6.09. The van der Waals surface area contributed by atoms with Crippen molar-refractivity contribution in [1.82, 2.24) is 19.6 Å². The molecule has 11 nitrogen and oxygen atoms in total. The van der Waals surface area contributed by atoms with E-state index in [1.807, 2.05) is 31.1 Å². The Labute approximate surface area is 268 Å². The molecular formula is C35H41N5O6. The average Bonchev–Trinajstić information content (AvgIpc) is 3.65. The van der Waals surface area contributed by atoms with Gasteiger partial charge in [-0.05, 0) is 41.1 Å². The number of morpholine rings is 1. The first-order valence-electron chi connectivity index (χ1n) is 16.0. The number of imide groups is 1. The summed E-state index contributed by atoms with van der Waals surface area (Å²) in [7, 11) is 5.51. The zero-order valence-electron chi connectivity index (χ0n) is 26.6. The van der Waals surface area contributed by atoms with Crippen molar-refractivity contribution < 1.29 is 29.0 Å². The Hall–Kier alpha value is -4.35. The molecule has 4 heterocycles. The Morgan fingerprint density at radius 2 is 1.80 bits per heavy atom. The molecule has 0 bridgehead atoms. The lowest BCUT2D eigenvalue weighted by atomic mass is 9.87. The fraction of sp³-hybridized carbons (Fsp3) is 0.457. The number of aromatic hydroxyl groups is 1. The van der Waals surface area contributed by atoms with Gasteiger partial charge in [0.1, 0.15) is 5.54 Å². The Kier molecular flexibility index (Phi) is 7.76. The van der Waals surface area contributed by atoms with Gasteiger partial charge in [-0.3, -0.25) is 19.4 Å². The summed E-state index contributed by atoms with van der Waals surface area (Å²) in [4.78, 5) is 51.9.